The normalized spacial score (nSPS) is 28.1. The van der Waals surface area contributed by atoms with Gasteiger partial charge < -0.3 is 9.16 Å². The molecular weight excluding hydrogens is 400 g/mol. The highest BCUT2D eigenvalue weighted by molar-refractivity contribution is 6.74. The highest BCUT2D eigenvalue weighted by atomic mass is 28.4. The summed E-state index contributed by atoms with van der Waals surface area (Å²) in [5.41, 5.74) is 3.44. The third-order valence-corrected chi connectivity index (χ3v) is 11.1. The van der Waals surface area contributed by atoms with Crippen LogP contribution in [0.15, 0.2) is 47.1 Å². The summed E-state index contributed by atoms with van der Waals surface area (Å²) < 4.78 is 12.1. The van der Waals surface area contributed by atoms with Crippen molar-refractivity contribution < 1.29 is 14.0 Å². The van der Waals surface area contributed by atoms with Gasteiger partial charge >= 0.3 is 5.97 Å². The molecule has 0 radical (unpaired) electrons. The average Bonchev–Trinajstić information content (AvgIpc) is 2.62. The van der Waals surface area contributed by atoms with Gasteiger partial charge in [-0.3, -0.25) is 0 Å². The molecule has 0 amide bonds. The second-order valence-corrected chi connectivity index (χ2v) is 15.4. The average molecular weight is 447 g/mol. The van der Waals surface area contributed by atoms with Crippen LogP contribution in [0, 0.1) is 0 Å². The quantitative estimate of drug-likeness (QED) is 0.189. The summed E-state index contributed by atoms with van der Waals surface area (Å²) in [4.78, 5) is 12.1. The lowest BCUT2D eigenvalue weighted by Crippen LogP contribution is -2.47. The topological polar surface area (TPSA) is 35.5 Å². The van der Waals surface area contributed by atoms with Gasteiger partial charge in [0.15, 0.2) is 8.32 Å². The monoisotopic (exact) mass is 446 g/mol. The van der Waals surface area contributed by atoms with Gasteiger partial charge in [0.25, 0.3) is 0 Å². The maximum atomic E-state index is 12.1. The van der Waals surface area contributed by atoms with Crippen molar-refractivity contribution in [3.8, 4) is 0 Å². The van der Waals surface area contributed by atoms with Crippen LogP contribution in [0.3, 0.4) is 0 Å². The zero-order chi connectivity index (χ0) is 23.7. The van der Waals surface area contributed by atoms with Crippen molar-refractivity contribution in [3.63, 3.8) is 0 Å². The van der Waals surface area contributed by atoms with E-state index in [0.717, 1.165) is 44.1 Å². The van der Waals surface area contributed by atoms with Gasteiger partial charge in [0.2, 0.25) is 0 Å². The first-order chi connectivity index (χ1) is 14.3. The molecular formula is C27H46O3Si. The smallest absolute Gasteiger partial charge is 0.331 e. The molecule has 0 spiro atoms. The van der Waals surface area contributed by atoms with Crippen LogP contribution in [0.25, 0.3) is 0 Å². The van der Waals surface area contributed by atoms with Gasteiger partial charge in [-0.2, -0.15) is 0 Å². The number of carbonyl (C=O) groups is 1. The van der Waals surface area contributed by atoms with Crippen LogP contribution in [-0.2, 0) is 14.0 Å². The molecule has 0 bridgehead atoms. The second-order valence-electron chi connectivity index (χ2n) is 10.7. The Bertz CT molecular complexity index is 719. The summed E-state index contributed by atoms with van der Waals surface area (Å²) in [6.07, 6.45) is 16.5. The van der Waals surface area contributed by atoms with E-state index in [4.69, 9.17) is 9.16 Å². The molecule has 1 unspecified atom stereocenters. The Morgan fingerprint density at radius 3 is 2.32 bits per heavy atom. The predicted octanol–water partition coefficient (Wildman–Crippen LogP) is 8.06. The zero-order valence-electron chi connectivity index (χ0n) is 21.6. The lowest BCUT2D eigenvalue weighted by Gasteiger charge is -2.43. The minimum absolute atomic E-state index is 0.139. The standard InChI is InChI=1S/C27H46O3Si/c1-10-29-25(28)21-24-17-16-23(3)14-11-13-22(2)15-12-19-27(7,20-18-24)30-31(8,9)26(4,5)6/h14-15,18,20-21H,10-13,16-17,19H2,1-9H3/b20-18+,22-15+,23-14+,24-21-. The first-order valence-electron chi connectivity index (χ1n) is 11.9. The molecule has 1 rings (SSSR count). The van der Waals surface area contributed by atoms with Gasteiger partial charge in [0.1, 0.15) is 0 Å². The molecule has 0 aromatic heterocycles. The molecule has 0 saturated carbocycles. The van der Waals surface area contributed by atoms with Crippen molar-refractivity contribution in [3.05, 3.63) is 47.1 Å². The van der Waals surface area contributed by atoms with Crippen molar-refractivity contribution in [2.75, 3.05) is 6.61 Å². The van der Waals surface area contributed by atoms with Gasteiger partial charge in [0, 0.05) is 6.08 Å². The SMILES string of the molecule is CCOC(=O)/C=C1\C=C\C(C)(O[Si](C)(C)C(C)(C)C)CC/C=C(\C)CC/C=C(\C)CC1. The molecule has 31 heavy (non-hydrogen) atoms. The third-order valence-electron chi connectivity index (χ3n) is 6.51. The van der Waals surface area contributed by atoms with E-state index >= 15 is 0 Å². The number of carbonyl (C=O) groups excluding carboxylic acids is 1. The maximum absolute atomic E-state index is 12.1. The molecule has 0 aliphatic heterocycles. The molecule has 0 saturated heterocycles. The minimum atomic E-state index is -1.96. The summed E-state index contributed by atoms with van der Waals surface area (Å²) in [6, 6.07) is 0. The van der Waals surface area contributed by atoms with Crippen molar-refractivity contribution >= 4 is 14.3 Å². The highest BCUT2D eigenvalue weighted by Crippen LogP contribution is 2.40. The van der Waals surface area contributed by atoms with E-state index < -0.39 is 8.32 Å². The lowest BCUT2D eigenvalue weighted by atomic mass is 9.95. The zero-order valence-corrected chi connectivity index (χ0v) is 22.6. The molecule has 0 N–H and O–H groups in total. The Morgan fingerprint density at radius 2 is 1.71 bits per heavy atom. The number of allylic oxidation sites excluding steroid dienone is 6. The predicted molar refractivity (Wildman–Crippen MR) is 136 cm³/mol. The van der Waals surface area contributed by atoms with Crippen LogP contribution in [0.2, 0.25) is 18.1 Å². The molecule has 0 aromatic carbocycles. The molecule has 1 atom stereocenters. The Kier molecular flexibility index (Phi) is 10.7. The van der Waals surface area contributed by atoms with Crippen LogP contribution in [0.1, 0.15) is 87.0 Å². The van der Waals surface area contributed by atoms with Crippen LogP contribution in [0.5, 0.6) is 0 Å². The number of hydrogen-bond donors (Lipinski definition) is 0. The Labute approximate surface area is 192 Å². The van der Waals surface area contributed by atoms with E-state index in [1.165, 1.54) is 11.1 Å². The summed E-state index contributed by atoms with van der Waals surface area (Å²) >= 11 is 0. The Morgan fingerprint density at radius 1 is 1.10 bits per heavy atom. The van der Waals surface area contributed by atoms with Crippen LogP contribution >= 0.6 is 0 Å². The largest absolute Gasteiger partial charge is 0.463 e. The first kappa shape index (κ1) is 27.6. The van der Waals surface area contributed by atoms with Crippen molar-refractivity contribution in [2.24, 2.45) is 0 Å². The fourth-order valence-corrected chi connectivity index (χ4v) is 5.07. The van der Waals surface area contributed by atoms with Gasteiger partial charge in [-0.25, -0.2) is 4.79 Å². The molecule has 176 valence electrons. The van der Waals surface area contributed by atoms with Crippen LogP contribution in [0.4, 0.5) is 0 Å². The summed E-state index contributed by atoms with van der Waals surface area (Å²) in [7, 11) is -1.96. The molecule has 1 aliphatic rings. The highest BCUT2D eigenvalue weighted by Gasteiger charge is 2.41. The van der Waals surface area contributed by atoms with E-state index in [1.807, 2.05) is 6.92 Å². The second kappa shape index (κ2) is 12.0. The van der Waals surface area contributed by atoms with Crippen LogP contribution in [-0.4, -0.2) is 26.5 Å². The van der Waals surface area contributed by atoms with Crippen molar-refractivity contribution in [1.82, 2.24) is 0 Å². The lowest BCUT2D eigenvalue weighted by molar-refractivity contribution is -0.137. The van der Waals surface area contributed by atoms with Gasteiger partial charge in [-0.05, 0) is 89.9 Å². The summed E-state index contributed by atoms with van der Waals surface area (Å²) in [6.45, 7) is 20.3. The fourth-order valence-electron chi connectivity index (χ4n) is 3.42. The van der Waals surface area contributed by atoms with E-state index in [-0.39, 0.29) is 16.6 Å². The molecule has 3 nitrogen and oxygen atoms in total. The molecule has 4 heteroatoms. The van der Waals surface area contributed by atoms with Crippen molar-refractivity contribution in [2.45, 2.75) is 111 Å². The molecule has 1 aliphatic carbocycles. The first-order valence-corrected chi connectivity index (χ1v) is 14.8. The van der Waals surface area contributed by atoms with E-state index in [2.05, 4.69) is 78.9 Å². The van der Waals surface area contributed by atoms with Gasteiger partial charge in [0.05, 0.1) is 12.2 Å². The van der Waals surface area contributed by atoms with Crippen molar-refractivity contribution in [1.29, 1.82) is 0 Å². The van der Waals surface area contributed by atoms with Gasteiger partial charge in [-0.1, -0.05) is 56.2 Å². The summed E-state index contributed by atoms with van der Waals surface area (Å²) in [5.74, 6) is -0.268. The number of hydrogen-bond acceptors (Lipinski definition) is 3. The Hall–Kier alpha value is -1.39. The minimum Gasteiger partial charge on any atom is -0.463 e. The maximum Gasteiger partial charge on any atom is 0.331 e. The molecule has 0 aromatic rings. The Balaban J connectivity index is 3.32. The molecule has 0 fully saturated rings. The van der Waals surface area contributed by atoms with E-state index in [0.29, 0.717) is 6.61 Å². The number of esters is 1. The number of rotatable bonds is 4. The number of ether oxygens (including phenoxy) is 1. The van der Waals surface area contributed by atoms with E-state index in [1.54, 1.807) is 6.08 Å². The van der Waals surface area contributed by atoms with Gasteiger partial charge in [-0.15, -0.1) is 0 Å². The third kappa shape index (κ3) is 10.2. The summed E-state index contributed by atoms with van der Waals surface area (Å²) in [5, 5.41) is 0.139. The molecule has 0 heterocycles. The fraction of sp³-hybridized carbons (Fsp3) is 0.667. The van der Waals surface area contributed by atoms with E-state index in [9.17, 15) is 4.79 Å². The van der Waals surface area contributed by atoms with Crippen LogP contribution < -0.4 is 0 Å².